The third-order valence-corrected chi connectivity index (χ3v) is 2.53. The van der Waals surface area contributed by atoms with Gasteiger partial charge in [-0.05, 0) is 18.6 Å². The van der Waals surface area contributed by atoms with Gasteiger partial charge in [0.25, 0.3) is 0 Å². The van der Waals surface area contributed by atoms with Gasteiger partial charge in [-0.25, -0.2) is 9.69 Å². The molecule has 0 atom stereocenters. The van der Waals surface area contributed by atoms with Crippen molar-refractivity contribution >= 4 is 17.8 Å². The average Bonchev–Trinajstić information content (AvgIpc) is 2.81. The summed E-state index contributed by atoms with van der Waals surface area (Å²) in [6.07, 6.45) is -1.17. The predicted octanol–water partition coefficient (Wildman–Crippen LogP) is 1.74. The summed E-state index contributed by atoms with van der Waals surface area (Å²) in [7, 11) is 1.32. The normalized spacial score (nSPS) is 10.3. The number of nitrogens with zero attached hydrogens (tertiary/aromatic N) is 3. The molecule has 1 heterocycles. The molecule has 1 amide bonds. The number of benzene rings is 1. The summed E-state index contributed by atoms with van der Waals surface area (Å²) in [5.41, 5.74) is 8.02. The van der Waals surface area contributed by atoms with Gasteiger partial charge in [0.05, 0.1) is 0 Å². The Bertz CT molecular complexity index is 594. The number of anilines is 2. The topological polar surface area (TPSA) is 105 Å². The van der Waals surface area contributed by atoms with Gasteiger partial charge in [-0.3, -0.25) is 0 Å². The van der Waals surface area contributed by atoms with Crippen LogP contribution in [-0.2, 0) is 0 Å². The van der Waals surface area contributed by atoms with Crippen LogP contribution < -0.4 is 10.6 Å². The fraction of sp³-hybridized carbons (Fsp3) is 0.182. The molecule has 2 aromatic rings. The molecule has 0 spiro atoms. The Hall–Kier alpha value is -2.57. The maximum absolute atomic E-state index is 10.7. The van der Waals surface area contributed by atoms with E-state index in [0.29, 0.717) is 17.1 Å². The standard InChI is InChI=1S/C11H12N4O3/c1-6-3-4-7(5-8(6)12)9-13-10(18-14-9)15(2)11(16)17/h3-5H,12H2,1-2H3,(H,16,17). The number of nitrogens with two attached hydrogens (primary N) is 1. The lowest BCUT2D eigenvalue weighted by Gasteiger charge is -2.04. The van der Waals surface area contributed by atoms with Gasteiger partial charge >= 0.3 is 12.1 Å². The number of nitrogen functional groups attached to an aromatic ring is 1. The Balaban J connectivity index is 2.35. The molecule has 7 nitrogen and oxygen atoms in total. The molecule has 0 aliphatic heterocycles. The number of aryl methyl sites for hydroxylation is 1. The third kappa shape index (κ3) is 2.10. The fourth-order valence-corrected chi connectivity index (χ4v) is 1.33. The van der Waals surface area contributed by atoms with Crippen molar-refractivity contribution in [2.24, 2.45) is 0 Å². The van der Waals surface area contributed by atoms with Crippen molar-refractivity contribution in [2.75, 3.05) is 17.7 Å². The van der Waals surface area contributed by atoms with E-state index in [-0.39, 0.29) is 6.01 Å². The van der Waals surface area contributed by atoms with E-state index in [0.717, 1.165) is 10.5 Å². The molecule has 0 radical (unpaired) electrons. The molecule has 18 heavy (non-hydrogen) atoms. The monoisotopic (exact) mass is 248 g/mol. The minimum absolute atomic E-state index is 0.0864. The Labute approximate surface area is 103 Å². The van der Waals surface area contributed by atoms with Crippen LogP contribution in [0.25, 0.3) is 11.4 Å². The van der Waals surface area contributed by atoms with Gasteiger partial charge < -0.3 is 15.4 Å². The zero-order valence-corrected chi connectivity index (χ0v) is 9.91. The molecule has 0 fully saturated rings. The summed E-state index contributed by atoms with van der Waals surface area (Å²) >= 11 is 0. The van der Waals surface area contributed by atoms with E-state index in [4.69, 9.17) is 15.4 Å². The van der Waals surface area contributed by atoms with E-state index in [1.807, 2.05) is 13.0 Å². The van der Waals surface area contributed by atoms with Crippen LogP contribution in [0.5, 0.6) is 0 Å². The molecule has 3 N–H and O–H groups in total. The molecule has 7 heteroatoms. The highest BCUT2D eigenvalue weighted by molar-refractivity contribution is 5.82. The first-order valence-corrected chi connectivity index (χ1v) is 5.16. The second-order valence-corrected chi connectivity index (χ2v) is 3.81. The highest BCUT2D eigenvalue weighted by Gasteiger charge is 2.17. The van der Waals surface area contributed by atoms with Gasteiger partial charge in [-0.2, -0.15) is 4.98 Å². The fourth-order valence-electron chi connectivity index (χ4n) is 1.33. The molecule has 0 saturated carbocycles. The van der Waals surface area contributed by atoms with Crippen LogP contribution >= 0.6 is 0 Å². The number of amides is 1. The smallest absolute Gasteiger partial charge is 0.415 e. The van der Waals surface area contributed by atoms with Crippen molar-refractivity contribution in [3.8, 4) is 11.4 Å². The summed E-state index contributed by atoms with van der Waals surface area (Å²) in [5.74, 6) is 0.296. The lowest BCUT2D eigenvalue weighted by Crippen LogP contribution is -2.23. The van der Waals surface area contributed by atoms with Crippen LogP contribution in [0.3, 0.4) is 0 Å². The van der Waals surface area contributed by atoms with E-state index in [1.54, 1.807) is 12.1 Å². The SMILES string of the molecule is Cc1ccc(-c2noc(N(C)C(=O)O)n2)cc1N. The lowest BCUT2D eigenvalue weighted by molar-refractivity contribution is 0.201. The molecular weight excluding hydrogens is 236 g/mol. The molecular formula is C11H12N4O3. The Morgan fingerprint density at radius 1 is 1.50 bits per heavy atom. The minimum atomic E-state index is -1.17. The average molecular weight is 248 g/mol. The van der Waals surface area contributed by atoms with E-state index >= 15 is 0 Å². The minimum Gasteiger partial charge on any atom is -0.465 e. The van der Waals surface area contributed by atoms with Gasteiger partial charge in [-0.1, -0.05) is 17.3 Å². The highest BCUT2D eigenvalue weighted by atomic mass is 16.5. The quantitative estimate of drug-likeness (QED) is 0.784. The first-order chi connectivity index (χ1) is 8.49. The maximum Gasteiger partial charge on any atom is 0.415 e. The zero-order valence-electron chi connectivity index (χ0n) is 9.91. The molecule has 0 bridgehead atoms. The number of carbonyl (C=O) groups is 1. The van der Waals surface area contributed by atoms with Crippen molar-refractivity contribution in [2.45, 2.75) is 6.92 Å². The van der Waals surface area contributed by atoms with E-state index in [9.17, 15) is 4.79 Å². The summed E-state index contributed by atoms with van der Waals surface area (Å²) in [4.78, 5) is 15.5. The van der Waals surface area contributed by atoms with Gasteiger partial charge in [0, 0.05) is 18.3 Å². The first kappa shape index (κ1) is 11.9. The van der Waals surface area contributed by atoms with Crippen LogP contribution in [0, 0.1) is 6.92 Å². The number of hydrogen-bond donors (Lipinski definition) is 2. The molecule has 1 aromatic carbocycles. The number of aromatic nitrogens is 2. The van der Waals surface area contributed by atoms with Crippen LogP contribution in [0.1, 0.15) is 5.56 Å². The molecule has 0 unspecified atom stereocenters. The largest absolute Gasteiger partial charge is 0.465 e. The van der Waals surface area contributed by atoms with Crippen molar-refractivity contribution in [3.05, 3.63) is 23.8 Å². The third-order valence-electron chi connectivity index (χ3n) is 2.53. The van der Waals surface area contributed by atoms with E-state index in [2.05, 4.69) is 10.1 Å². The van der Waals surface area contributed by atoms with Crippen LogP contribution in [0.4, 0.5) is 16.5 Å². The van der Waals surface area contributed by atoms with Gasteiger partial charge in [-0.15, -0.1) is 0 Å². The Morgan fingerprint density at radius 2 is 2.22 bits per heavy atom. The molecule has 0 saturated heterocycles. The second-order valence-electron chi connectivity index (χ2n) is 3.81. The molecule has 0 aliphatic rings. The first-order valence-electron chi connectivity index (χ1n) is 5.16. The molecule has 2 rings (SSSR count). The van der Waals surface area contributed by atoms with Crippen LogP contribution in [0.15, 0.2) is 22.7 Å². The highest BCUT2D eigenvalue weighted by Crippen LogP contribution is 2.23. The van der Waals surface area contributed by atoms with Gasteiger partial charge in [0.1, 0.15) is 0 Å². The van der Waals surface area contributed by atoms with E-state index < -0.39 is 6.09 Å². The van der Waals surface area contributed by atoms with Gasteiger partial charge in [0.2, 0.25) is 5.82 Å². The second kappa shape index (κ2) is 4.36. The van der Waals surface area contributed by atoms with Crippen molar-refractivity contribution in [1.29, 1.82) is 0 Å². The van der Waals surface area contributed by atoms with Crippen molar-refractivity contribution < 1.29 is 14.4 Å². The van der Waals surface area contributed by atoms with Crippen LogP contribution in [-0.4, -0.2) is 28.4 Å². The van der Waals surface area contributed by atoms with E-state index in [1.165, 1.54) is 7.05 Å². The summed E-state index contributed by atoms with van der Waals surface area (Å²) in [6.45, 7) is 1.89. The molecule has 0 aliphatic carbocycles. The predicted molar refractivity (Wildman–Crippen MR) is 65.3 cm³/mol. The summed E-state index contributed by atoms with van der Waals surface area (Å²) in [5, 5.41) is 12.5. The maximum atomic E-state index is 10.7. The van der Waals surface area contributed by atoms with Crippen molar-refractivity contribution in [1.82, 2.24) is 10.1 Å². The Morgan fingerprint density at radius 3 is 2.83 bits per heavy atom. The van der Waals surface area contributed by atoms with Gasteiger partial charge in [0.15, 0.2) is 0 Å². The number of carboxylic acid groups (broad SMARTS) is 1. The number of rotatable bonds is 2. The molecule has 1 aromatic heterocycles. The lowest BCUT2D eigenvalue weighted by atomic mass is 10.1. The number of hydrogen-bond acceptors (Lipinski definition) is 5. The summed E-state index contributed by atoms with van der Waals surface area (Å²) in [6, 6.07) is 5.25. The summed E-state index contributed by atoms with van der Waals surface area (Å²) < 4.78 is 4.86. The zero-order chi connectivity index (χ0) is 13.3. The van der Waals surface area contributed by atoms with Crippen molar-refractivity contribution in [3.63, 3.8) is 0 Å². The molecule has 94 valence electrons. The Kier molecular flexibility index (Phi) is 2.88. The van der Waals surface area contributed by atoms with Crippen LogP contribution in [0.2, 0.25) is 0 Å².